The van der Waals surface area contributed by atoms with Crippen molar-refractivity contribution in [3.63, 3.8) is 0 Å². The molecule has 1 aliphatic rings. The van der Waals surface area contributed by atoms with Gasteiger partial charge in [-0.3, -0.25) is 4.79 Å². The van der Waals surface area contributed by atoms with Gasteiger partial charge in [0.05, 0.1) is 6.61 Å². The van der Waals surface area contributed by atoms with Crippen molar-refractivity contribution >= 4 is 5.91 Å². The van der Waals surface area contributed by atoms with Crippen molar-refractivity contribution in [3.05, 3.63) is 0 Å². The average molecular weight is 186 g/mol. The minimum atomic E-state index is -0.123. The molecule has 0 unspecified atom stereocenters. The molecule has 3 N–H and O–H groups in total. The van der Waals surface area contributed by atoms with E-state index < -0.39 is 0 Å². The lowest BCUT2D eigenvalue weighted by Gasteiger charge is -2.23. The van der Waals surface area contributed by atoms with E-state index in [4.69, 9.17) is 5.11 Å². The molecule has 0 aromatic heterocycles. The maximum atomic E-state index is 11.5. The Morgan fingerprint density at radius 3 is 2.77 bits per heavy atom. The smallest absolute Gasteiger partial charge is 0.223 e. The van der Waals surface area contributed by atoms with Crippen LogP contribution in [0.25, 0.3) is 0 Å². The molecule has 1 rings (SSSR count). The van der Waals surface area contributed by atoms with Gasteiger partial charge in [-0.2, -0.15) is 0 Å². The van der Waals surface area contributed by atoms with Crippen LogP contribution in [0.3, 0.4) is 0 Å². The van der Waals surface area contributed by atoms with Gasteiger partial charge >= 0.3 is 0 Å². The minimum absolute atomic E-state index is 0.0106. The highest BCUT2D eigenvalue weighted by atomic mass is 16.3. The van der Waals surface area contributed by atoms with Crippen molar-refractivity contribution in [2.45, 2.75) is 25.8 Å². The van der Waals surface area contributed by atoms with E-state index in [1.54, 1.807) is 6.92 Å². The lowest BCUT2D eigenvalue weighted by Crippen LogP contribution is -2.42. The van der Waals surface area contributed by atoms with Crippen molar-refractivity contribution in [2.24, 2.45) is 5.92 Å². The molecule has 0 aromatic carbocycles. The molecule has 0 bridgehead atoms. The predicted molar refractivity (Wildman–Crippen MR) is 50.3 cm³/mol. The first-order valence-electron chi connectivity index (χ1n) is 4.86. The Bertz CT molecular complexity index is 167. The number of aliphatic hydroxyl groups excluding tert-OH is 1. The minimum Gasteiger partial charge on any atom is -0.394 e. The number of rotatable bonds is 3. The topological polar surface area (TPSA) is 61.4 Å². The van der Waals surface area contributed by atoms with Gasteiger partial charge in [-0.15, -0.1) is 0 Å². The molecule has 0 saturated carbocycles. The zero-order valence-electron chi connectivity index (χ0n) is 8.05. The van der Waals surface area contributed by atoms with Gasteiger partial charge in [0.1, 0.15) is 0 Å². The van der Waals surface area contributed by atoms with Gasteiger partial charge in [-0.05, 0) is 32.9 Å². The first-order valence-corrected chi connectivity index (χ1v) is 4.86. The lowest BCUT2D eigenvalue weighted by molar-refractivity contribution is -0.126. The highest BCUT2D eigenvalue weighted by Crippen LogP contribution is 2.11. The molecule has 1 atom stereocenters. The predicted octanol–water partition coefficient (Wildman–Crippen LogP) is -0.517. The first-order chi connectivity index (χ1) is 6.24. The monoisotopic (exact) mass is 186 g/mol. The maximum Gasteiger partial charge on any atom is 0.223 e. The van der Waals surface area contributed by atoms with Crippen LogP contribution in [0.2, 0.25) is 0 Å². The van der Waals surface area contributed by atoms with Gasteiger partial charge in [0.15, 0.2) is 0 Å². The van der Waals surface area contributed by atoms with Crippen LogP contribution in [0.4, 0.5) is 0 Å². The molecule has 1 aliphatic heterocycles. The number of amides is 1. The first kappa shape index (κ1) is 10.5. The van der Waals surface area contributed by atoms with Crippen LogP contribution in [0, 0.1) is 5.92 Å². The molecule has 4 nitrogen and oxygen atoms in total. The Morgan fingerprint density at radius 2 is 2.23 bits per heavy atom. The number of nitrogens with one attached hydrogen (secondary N) is 2. The van der Waals surface area contributed by atoms with Crippen molar-refractivity contribution < 1.29 is 9.90 Å². The fraction of sp³-hybridized carbons (Fsp3) is 0.889. The van der Waals surface area contributed by atoms with Crippen molar-refractivity contribution in [3.8, 4) is 0 Å². The molecule has 13 heavy (non-hydrogen) atoms. The summed E-state index contributed by atoms with van der Waals surface area (Å²) in [5.41, 5.74) is 0. The second kappa shape index (κ2) is 5.19. The summed E-state index contributed by atoms with van der Waals surface area (Å²) in [6.45, 7) is 3.66. The normalized spacial score (nSPS) is 21.1. The molecule has 76 valence electrons. The third-order valence-electron chi connectivity index (χ3n) is 2.37. The molecule has 0 aliphatic carbocycles. The van der Waals surface area contributed by atoms with E-state index >= 15 is 0 Å². The third kappa shape index (κ3) is 3.32. The summed E-state index contributed by atoms with van der Waals surface area (Å²) in [7, 11) is 0. The van der Waals surface area contributed by atoms with Crippen LogP contribution in [-0.2, 0) is 4.79 Å². The zero-order valence-corrected chi connectivity index (χ0v) is 8.05. The molecule has 1 heterocycles. The summed E-state index contributed by atoms with van der Waals surface area (Å²) < 4.78 is 0. The van der Waals surface area contributed by atoms with Crippen LogP contribution in [-0.4, -0.2) is 36.8 Å². The Kier molecular flexibility index (Phi) is 4.18. The van der Waals surface area contributed by atoms with Gasteiger partial charge < -0.3 is 15.7 Å². The second-order valence-corrected chi connectivity index (χ2v) is 3.62. The standard InChI is InChI=1S/C9H18N2O2/c1-7(6-12)11-9(13)8-2-4-10-5-3-8/h7-8,10,12H,2-6H2,1H3,(H,11,13)/t7-/m1/s1. The van der Waals surface area contributed by atoms with Crippen molar-refractivity contribution in [2.75, 3.05) is 19.7 Å². The quantitative estimate of drug-likeness (QED) is 0.556. The van der Waals surface area contributed by atoms with Crippen LogP contribution in [0.15, 0.2) is 0 Å². The number of hydrogen-bond acceptors (Lipinski definition) is 3. The van der Waals surface area contributed by atoms with Gasteiger partial charge in [0, 0.05) is 12.0 Å². The number of piperidine rings is 1. The van der Waals surface area contributed by atoms with E-state index in [0.717, 1.165) is 25.9 Å². The SMILES string of the molecule is C[C@H](CO)NC(=O)C1CCNCC1. The summed E-state index contributed by atoms with van der Waals surface area (Å²) in [6, 6.07) is -0.123. The maximum absolute atomic E-state index is 11.5. The number of carbonyl (C=O) groups is 1. The number of hydrogen-bond donors (Lipinski definition) is 3. The molecule has 1 fully saturated rings. The van der Waals surface area contributed by atoms with Crippen molar-refractivity contribution in [1.29, 1.82) is 0 Å². The van der Waals surface area contributed by atoms with E-state index in [0.29, 0.717) is 0 Å². The van der Waals surface area contributed by atoms with Gasteiger partial charge in [-0.25, -0.2) is 0 Å². The van der Waals surface area contributed by atoms with E-state index in [1.807, 2.05) is 0 Å². The van der Waals surface area contributed by atoms with Gasteiger partial charge in [-0.1, -0.05) is 0 Å². The molecule has 4 heteroatoms. The van der Waals surface area contributed by atoms with Crippen LogP contribution < -0.4 is 10.6 Å². The summed E-state index contributed by atoms with van der Waals surface area (Å²) in [5, 5.41) is 14.7. The van der Waals surface area contributed by atoms with E-state index in [1.165, 1.54) is 0 Å². The van der Waals surface area contributed by atoms with Gasteiger partial charge in [0.25, 0.3) is 0 Å². The average Bonchev–Trinajstić information content (AvgIpc) is 2.19. The largest absolute Gasteiger partial charge is 0.394 e. The molecular weight excluding hydrogens is 168 g/mol. The highest BCUT2D eigenvalue weighted by Gasteiger charge is 2.21. The lowest BCUT2D eigenvalue weighted by atomic mass is 9.97. The van der Waals surface area contributed by atoms with Crippen molar-refractivity contribution in [1.82, 2.24) is 10.6 Å². The molecule has 0 radical (unpaired) electrons. The fourth-order valence-corrected chi connectivity index (χ4v) is 1.49. The fourth-order valence-electron chi connectivity index (χ4n) is 1.49. The second-order valence-electron chi connectivity index (χ2n) is 3.62. The summed E-state index contributed by atoms with van der Waals surface area (Å²) in [5.74, 6) is 0.221. The molecule has 1 saturated heterocycles. The summed E-state index contributed by atoms with van der Waals surface area (Å²) in [6.07, 6.45) is 1.81. The summed E-state index contributed by atoms with van der Waals surface area (Å²) in [4.78, 5) is 11.5. The molecular formula is C9H18N2O2. The third-order valence-corrected chi connectivity index (χ3v) is 2.37. The Hall–Kier alpha value is -0.610. The van der Waals surface area contributed by atoms with Crippen LogP contribution >= 0.6 is 0 Å². The number of carbonyl (C=O) groups excluding carboxylic acids is 1. The molecule has 0 aromatic rings. The van der Waals surface area contributed by atoms with Crippen LogP contribution in [0.1, 0.15) is 19.8 Å². The van der Waals surface area contributed by atoms with E-state index in [-0.39, 0.29) is 24.5 Å². The Balaban J connectivity index is 2.29. The Labute approximate surface area is 78.7 Å². The highest BCUT2D eigenvalue weighted by molar-refractivity contribution is 5.79. The zero-order chi connectivity index (χ0) is 9.68. The molecule has 1 amide bonds. The Morgan fingerprint density at radius 1 is 1.62 bits per heavy atom. The van der Waals surface area contributed by atoms with E-state index in [9.17, 15) is 4.79 Å². The molecule has 0 spiro atoms. The van der Waals surface area contributed by atoms with E-state index in [2.05, 4.69) is 10.6 Å². The van der Waals surface area contributed by atoms with Gasteiger partial charge in [0.2, 0.25) is 5.91 Å². The summed E-state index contributed by atoms with van der Waals surface area (Å²) >= 11 is 0. The number of aliphatic hydroxyl groups is 1. The van der Waals surface area contributed by atoms with Crippen LogP contribution in [0.5, 0.6) is 0 Å².